The number of benzene rings is 3. The molecule has 0 saturated heterocycles. The molecular weight excluding hydrogens is 395 g/mol. The highest BCUT2D eigenvalue weighted by Crippen LogP contribution is 2.28. The smallest absolute Gasteiger partial charge is 0.352 e. The first-order valence-electron chi connectivity index (χ1n) is 9.98. The summed E-state index contributed by atoms with van der Waals surface area (Å²) in [6, 6.07) is 21.5. The van der Waals surface area contributed by atoms with Gasteiger partial charge in [0, 0.05) is 36.1 Å². The predicted octanol–water partition coefficient (Wildman–Crippen LogP) is 4.83. The van der Waals surface area contributed by atoms with Gasteiger partial charge in [0.15, 0.2) is 0 Å². The van der Waals surface area contributed by atoms with Crippen LogP contribution < -0.4 is 10.1 Å². The zero-order chi connectivity index (χ0) is 21.8. The fourth-order valence-electron chi connectivity index (χ4n) is 3.85. The van der Waals surface area contributed by atoms with Crippen molar-refractivity contribution in [2.24, 2.45) is 0 Å². The molecule has 0 bridgehead atoms. The Morgan fingerprint density at radius 2 is 1.77 bits per heavy atom. The number of carboxylic acids is 1. The van der Waals surface area contributed by atoms with Gasteiger partial charge < -0.3 is 19.7 Å². The Hall–Kier alpha value is -3.64. The van der Waals surface area contributed by atoms with E-state index in [0.29, 0.717) is 19.6 Å². The largest absolute Gasteiger partial charge is 0.497 e. The summed E-state index contributed by atoms with van der Waals surface area (Å²) in [6.07, 6.45) is 0. The van der Waals surface area contributed by atoms with Crippen molar-refractivity contribution in [2.45, 2.75) is 19.6 Å². The standard InChI is InChI=1S/C25H23FN2O3/c1-31-20-6-4-5-18(13-20)14-27-15-22-21-7-2-3-8-23(21)28(24(22)25(29)30)16-17-9-11-19(26)12-10-17/h2-13,27H,14-16H2,1H3,(H,29,30). The number of rotatable bonds is 8. The first-order chi connectivity index (χ1) is 15.1. The maximum Gasteiger partial charge on any atom is 0.352 e. The quantitative estimate of drug-likeness (QED) is 0.430. The molecule has 1 aromatic heterocycles. The molecule has 0 fully saturated rings. The van der Waals surface area contributed by atoms with Crippen LogP contribution in [0.5, 0.6) is 5.75 Å². The normalized spacial score (nSPS) is 11.0. The number of methoxy groups -OCH3 is 1. The minimum Gasteiger partial charge on any atom is -0.497 e. The number of hydrogen-bond donors (Lipinski definition) is 2. The molecule has 0 aliphatic carbocycles. The lowest BCUT2D eigenvalue weighted by molar-refractivity contribution is 0.0684. The van der Waals surface area contributed by atoms with Crippen molar-refractivity contribution in [3.63, 3.8) is 0 Å². The van der Waals surface area contributed by atoms with Gasteiger partial charge >= 0.3 is 5.97 Å². The number of aromatic carboxylic acids is 1. The van der Waals surface area contributed by atoms with Crippen molar-refractivity contribution in [1.29, 1.82) is 0 Å². The van der Waals surface area contributed by atoms with Gasteiger partial charge in [-0.2, -0.15) is 0 Å². The average Bonchev–Trinajstić information content (AvgIpc) is 3.09. The number of fused-ring (bicyclic) bond motifs is 1. The molecular formula is C25H23FN2O3. The van der Waals surface area contributed by atoms with E-state index in [1.165, 1.54) is 12.1 Å². The van der Waals surface area contributed by atoms with Gasteiger partial charge in [0.1, 0.15) is 17.3 Å². The second-order valence-corrected chi connectivity index (χ2v) is 7.32. The molecule has 0 unspecified atom stereocenters. The molecule has 0 atom stereocenters. The van der Waals surface area contributed by atoms with Crippen LogP contribution >= 0.6 is 0 Å². The molecule has 4 rings (SSSR count). The number of halogens is 1. The first-order valence-corrected chi connectivity index (χ1v) is 9.98. The highest BCUT2D eigenvalue weighted by molar-refractivity contribution is 5.98. The van der Waals surface area contributed by atoms with E-state index in [-0.39, 0.29) is 11.5 Å². The molecule has 0 aliphatic heterocycles. The van der Waals surface area contributed by atoms with Gasteiger partial charge in [0.25, 0.3) is 0 Å². The molecule has 1 heterocycles. The second kappa shape index (κ2) is 9.02. The summed E-state index contributed by atoms with van der Waals surface area (Å²) in [5, 5.41) is 14.3. The maximum absolute atomic E-state index is 13.3. The van der Waals surface area contributed by atoms with Crippen molar-refractivity contribution in [3.8, 4) is 5.75 Å². The third-order valence-corrected chi connectivity index (χ3v) is 5.30. The van der Waals surface area contributed by atoms with Crippen LogP contribution in [-0.2, 0) is 19.6 Å². The van der Waals surface area contributed by atoms with Crippen molar-refractivity contribution < 1.29 is 19.0 Å². The zero-order valence-corrected chi connectivity index (χ0v) is 17.1. The molecule has 4 aromatic rings. The van der Waals surface area contributed by atoms with E-state index >= 15 is 0 Å². The van der Waals surface area contributed by atoms with E-state index in [0.717, 1.165) is 33.3 Å². The van der Waals surface area contributed by atoms with Crippen molar-refractivity contribution in [1.82, 2.24) is 9.88 Å². The van der Waals surface area contributed by atoms with Gasteiger partial charge in [-0.1, -0.05) is 42.5 Å². The summed E-state index contributed by atoms with van der Waals surface area (Å²) in [5.41, 5.74) is 3.69. The number of hydrogen-bond acceptors (Lipinski definition) is 3. The van der Waals surface area contributed by atoms with E-state index in [9.17, 15) is 14.3 Å². The molecule has 5 nitrogen and oxygen atoms in total. The molecule has 0 amide bonds. The summed E-state index contributed by atoms with van der Waals surface area (Å²) >= 11 is 0. The number of aromatic nitrogens is 1. The van der Waals surface area contributed by atoms with Crippen LogP contribution in [0, 0.1) is 5.82 Å². The SMILES string of the molecule is COc1cccc(CNCc2c(C(=O)O)n(Cc3ccc(F)cc3)c3ccccc23)c1. The minimum atomic E-state index is -0.989. The second-order valence-electron chi connectivity index (χ2n) is 7.32. The summed E-state index contributed by atoms with van der Waals surface area (Å²) in [4.78, 5) is 12.2. The molecule has 0 spiro atoms. The van der Waals surface area contributed by atoms with Crippen molar-refractivity contribution in [3.05, 3.63) is 101 Å². The van der Waals surface area contributed by atoms with Crippen LogP contribution in [0.4, 0.5) is 4.39 Å². The van der Waals surface area contributed by atoms with Crippen molar-refractivity contribution >= 4 is 16.9 Å². The third-order valence-electron chi connectivity index (χ3n) is 5.30. The zero-order valence-electron chi connectivity index (χ0n) is 17.1. The van der Waals surface area contributed by atoms with Gasteiger partial charge in [-0.3, -0.25) is 0 Å². The molecule has 31 heavy (non-hydrogen) atoms. The van der Waals surface area contributed by atoms with Crippen molar-refractivity contribution in [2.75, 3.05) is 7.11 Å². The fraction of sp³-hybridized carbons (Fsp3) is 0.160. The van der Waals surface area contributed by atoms with E-state index in [2.05, 4.69) is 5.32 Å². The summed E-state index contributed by atoms with van der Waals surface area (Å²) in [7, 11) is 1.63. The molecule has 0 radical (unpaired) electrons. The lowest BCUT2D eigenvalue weighted by Gasteiger charge is -2.10. The van der Waals surface area contributed by atoms with E-state index in [1.807, 2.05) is 48.5 Å². The van der Waals surface area contributed by atoms with Crippen LogP contribution in [0.15, 0.2) is 72.8 Å². The lowest BCUT2D eigenvalue weighted by Crippen LogP contribution is -2.17. The van der Waals surface area contributed by atoms with Gasteiger partial charge in [0.2, 0.25) is 0 Å². The number of para-hydroxylation sites is 1. The molecule has 158 valence electrons. The number of carbonyl (C=O) groups is 1. The summed E-state index contributed by atoms with van der Waals surface area (Å²) in [5.74, 6) is -0.528. The number of carboxylic acid groups (broad SMARTS) is 1. The summed E-state index contributed by atoms with van der Waals surface area (Å²) < 4.78 is 20.3. The number of nitrogens with zero attached hydrogens (tertiary/aromatic N) is 1. The van der Waals surface area contributed by atoms with Crippen LogP contribution in [-0.4, -0.2) is 22.8 Å². The molecule has 0 saturated carbocycles. The monoisotopic (exact) mass is 418 g/mol. The van der Waals surface area contributed by atoms with Gasteiger partial charge in [-0.25, -0.2) is 9.18 Å². The molecule has 0 aliphatic rings. The minimum absolute atomic E-state index is 0.240. The first kappa shape index (κ1) is 20.6. The topological polar surface area (TPSA) is 63.5 Å². The number of nitrogens with one attached hydrogen (secondary N) is 1. The van der Waals surface area contributed by atoms with Crippen LogP contribution in [0.1, 0.15) is 27.2 Å². The maximum atomic E-state index is 13.3. The Morgan fingerprint density at radius 3 is 2.52 bits per heavy atom. The predicted molar refractivity (Wildman–Crippen MR) is 118 cm³/mol. The molecule has 3 aromatic carbocycles. The van der Waals surface area contributed by atoms with E-state index in [4.69, 9.17) is 4.74 Å². The van der Waals surface area contributed by atoms with E-state index < -0.39 is 5.97 Å². The van der Waals surface area contributed by atoms with Crippen LogP contribution in [0.3, 0.4) is 0 Å². The lowest BCUT2D eigenvalue weighted by atomic mass is 10.1. The Balaban J connectivity index is 1.66. The summed E-state index contributed by atoms with van der Waals surface area (Å²) in [6.45, 7) is 1.32. The average molecular weight is 418 g/mol. The fourth-order valence-corrected chi connectivity index (χ4v) is 3.85. The van der Waals surface area contributed by atoms with E-state index in [1.54, 1.807) is 23.8 Å². The van der Waals surface area contributed by atoms with Gasteiger partial charge in [-0.05, 0) is 41.5 Å². The van der Waals surface area contributed by atoms with Gasteiger partial charge in [-0.15, -0.1) is 0 Å². The van der Waals surface area contributed by atoms with Crippen LogP contribution in [0.2, 0.25) is 0 Å². The van der Waals surface area contributed by atoms with Crippen LogP contribution in [0.25, 0.3) is 10.9 Å². The highest BCUT2D eigenvalue weighted by atomic mass is 19.1. The Bertz CT molecular complexity index is 1220. The molecule has 6 heteroatoms. The third kappa shape index (κ3) is 4.44. The van der Waals surface area contributed by atoms with Gasteiger partial charge in [0.05, 0.1) is 7.11 Å². The number of ether oxygens (including phenoxy) is 1. The molecule has 2 N–H and O–H groups in total. The highest BCUT2D eigenvalue weighted by Gasteiger charge is 2.22. The Kier molecular flexibility index (Phi) is 6.00. The Labute approximate surface area is 179 Å². The Morgan fingerprint density at radius 1 is 1.00 bits per heavy atom.